The largest absolute Gasteiger partial charge is 0.493 e. The number of benzene rings is 1. The fourth-order valence-corrected chi connectivity index (χ4v) is 1.40. The highest BCUT2D eigenvalue weighted by atomic mass is 16.6. The molecule has 18 heavy (non-hydrogen) atoms. The number of carbonyl (C=O) groups excluding carboxylic acids is 1. The van der Waals surface area contributed by atoms with Crippen LogP contribution in [0, 0.1) is 10.1 Å². The van der Waals surface area contributed by atoms with Gasteiger partial charge in [0, 0.05) is 6.07 Å². The van der Waals surface area contributed by atoms with Crippen molar-refractivity contribution < 1.29 is 19.2 Å². The van der Waals surface area contributed by atoms with Crippen molar-refractivity contribution in [1.82, 2.24) is 0 Å². The highest BCUT2D eigenvalue weighted by Crippen LogP contribution is 2.34. The molecule has 0 atom stereocenters. The van der Waals surface area contributed by atoms with Crippen LogP contribution in [0.1, 0.15) is 17.3 Å². The molecule has 0 heterocycles. The van der Waals surface area contributed by atoms with Gasteiger partial charge >= 0.3 is 0 Å². The van der Waals surface area contributed by atoms with E-state index in [1.807, 2.05) is 0 Å². The molecule has 0 saturated carbocycles. The van der Waals surface area contributed by atoms with Crippen molar-refractivity contribution in [1.29, 1.82) is 0 Å². The Bertz CT molecular complexity index is 495. The molecule has 0 aliphatic heterocycles. The Hall–Kier alpha value is -2.37. The Morgan fingerprint density at radius 3 is 2.61 bits per heavy atom. The Morgan fingerprint density at radius 1 is 1.50 bits per heavy atom. The summed E-state index contributed by atoms with van der Waals surface area (Å²) in [7, 11) is 1.39. The zero-order valence-electron chi connectivity index (χ0n) is 10.1. The summed E-state index contributed by atoms with van der Waals surface area (Å²) in [4.78, 5) is 21.6. The third kappa shape index (κ3) is 2.85. The number of methoxy groups -OCH3 is 1. The van der Waals surface area contributed by atoms with Gasteiger partial charge in [-0.2, -0.15) is 0 Å². The highest BCUT2D eigenvalue weighted by molar-refractivity contribution is 5.98. The predicted molar refractivity (Wildman–Crippen MR) is 65.3 cm³/mol. The van der Waals surface area contributed by atoms with E-state index in [1.165, 1.54) is 32.2 Å². The number of rotatable bonds is 6. The van der Waals surface area contributed by atoms with Gasteiger partial charge in [0.2, 0.25) is 0 Å². The van der Waals surface area contributed by atoms with Gasteiger partial charge in [0.1, 0.15) is 6.61 Å². The van der Waals surface area contributed by atoms with Crippen LogP contribution in [0.15, 0.2) is 24.8 Å². The summed E-state index contributed by atoms with van der Waals surface area (Å²) in [5, 5.41) is 10.9. The molecule has 96 valence electrons. The van der Waals surface area contributed by atoms with Crippen molar-refractivity contribution >= 4 is 11.5 Å². The Balaban J connectivity index is 3.36. The van der Waals surface area contributed by atoms with Crippen molar-refractivity contribution in [3.05, 3.63) is 40.5 Å². The molecule has 1 aromatic carbocycles. The minimum atomic E-state index is -0.628. The van der Waals surface area contributed by atoms with Crippen molar-refractivity contribution in [2.24, 2.45) is 0 Å². The van der Waals surface area contributed by atoms with Crippen LogP contribution in [0.5, 0.6) is 11.5 Å². The van der Waals surface area contributed by atoms with Gasteiger partial charge < -0.3 is 9.47 Å². The van der Waals surface area contributed by atoms with E-state index in [0.717, 1.165) is 0 Å². The molecular formula is C12H13NO5. The Kier molecular flexibility index (Phi) is 4.42. The van der Waals surface area contributed by atoms with E-state index in [0.29, 0.717) is 0 Å². The molecule has 0 aliphatic rings. The van der Waals surface area contributed by atoms with Crippen molar-refractivity contribution in [3.63, 3.8) is 0 Å². The maximum Gasteiger partial charge on any atom is 0.284 e. The summed E-state index contributed by atoms with van der Waals surface area (Å²) < 4.78 is 10.3. The molecule has 0 aliphatic carbocycles. The molecule has 0 bridgehead atoms. The second-order valence-corrected chi connectivity index (χ2v) is 3.43. The van der Waals surface area contributed by atoms with E-state index >= 15 is 0 Å². The fraction of sp³-hybridized carbons (Fsp3) is 0.250. The van der Waals surface area contributed by atoms with E-state index in [1.54, 1.807) is 0 Å². The topological polar surface area (TPSA) is 78.7 Å². The number of Topliss-reactive ketones (excluding diaryl/α,β-unsaturated/α-hetero) is 1. The second-order valence-electron chi connectivity index (χ2n) is 3.43. The van der Waals surface area contributed by atoms with Crippen LogP contribution in [0.3, 0.4) is 0 Å². The van der Waals surface area contributed by atoms with Crippen LogP contribution in [-0.2, 0) is 0 Å². The summed E-state index contributed by atoms with van der Waals surface area (Å²) in [6.45, 7) is 4.92. The van der Waals surface area contributed by atoms with Crippen LogP contribution >= 0.6 is 0 Å². The highest BCUT2D eigenvalue weighted by Gasteiger charge is 2.22. The van der Waals surface area contributed by atoms with Crippen LogP contribution in [0.2, 0.25) is 0 Å². The molecule has 0 aromatic heterocycles. The Labute approximate surface area is 104 Å². The molecule has 0 N–H and O–H groups in total. The number of ether oxygens (including phenoxy) is 2. The summed E-state index contributed by atoms with van der Waals surface area (Å²) in [5.74, 6) is 0.0667. The molecular weight excluding hydrogens is 238 g/mol. The quantitative estimate of drug-likeness (QED) is 0.335. The third-order valence-corrected chi connectivity index (χ3v) is 2.21. The zero-order valence-corrected chi connectivity index (χ0v) is 10.1. The van der Waals surface area contributed by atoms with Crippen molar-refractivity contribution in [3.8, 4) is 11.5 Å². The molecule has 1 rings (SSSR count). The Morgan fingerprint density at radius 2 is 2.17 bits per heavy atom. The van der Waals surface area contributed by atoms with E-state index in [2.05, 4.69) is 6.58 Å². The van der Waals surface area contributed by atoms with Crippen LogP contribution in [0.25, 0.3) is 0 Å². The van der Waals surface area contributed by atoms with E-state index in [-0.39, 0.29) is 29.4 Å². The van der Waals surface area contributed by atoms with Gasteiger partial charge in [-0.15, -0.1) is 0 Å². The first-order valence-corrected chi connectivity index (χ1v) is 5.12. The molecule has 0 radical (unpaired) electrons. The standard InChI is InChI=1S/C12H13NO5/c1-4-5-18-12-7-10(13(15)16)9(8(2)14)6-11(12)17-3/h4,6-7H,1,5H2,2-3H3. The minimum Gasteiger partial charge on any atom is -0.493 e. The summed E-state index contributed by atoms with van der Waals surface area (Å²) in [6.07, 6.45) is 1.50. The van der Waals surface area contributed by atoms with E-state index < -0.39 is 10.7 Å². The van der Waals surface area contributed by atoms with Gasteiger partial charge in [0.25, 0.3) is 5.69 Å². The fourth-order valence-electron chi connectivity index (χ4n) is 1.40. The maximum atomic E-state index is 11.3. The smallest absolute Gasteiger partial charge is 0.284 e. The molecule has 0 saturated heterocycles. The number of nitro groups is 1. The molecule has 0 spiro atoms. The number of nitro benzene ring substituents is 1. The molecule has 6 nitrogen and oxygen atoms in total. The van der Waals surface area contributed by atoms with E-state index in [9.17, 15) is 14.9 Å². The monoisotopic (exact) mass is 251 g/mol. The van der Waals surface area contributed by atoms with Crippen molar-refractivity contribution in [2.45, 2.75) is 6.92 Å². The van der Waals surface area contributed by atoms with Gasteiger partial charge in [-0.05, 0) is 6.92 Å². The number of hydrogen-bond donors (Lipinski definition) is 0. The maximum absolute atomic E-state index is 11.3. The lowest BCUT2D eigenvalue weighted by Crippen LogP contribution is -2.04. The molecule has 6 heteroatoms. The first kappa shape index (κ1) is 13.7. The summed E-state index contributed by atoms with van der Waals surface area (Å²) in [6, 6.07) is 2.48. The molecule has 0 unspecified atom stereocenters. The average molecular weight is 251 g/mol. The molecule has 0 fully saturated rings. The zero-order chi connectivity index (χ0) is 13.7. The number of carbonyl (C=O) groups is 1. The lowest BCUT2D eigenvalue weighted by Gasteiger charge is -2.10. The van der Waals surface area contributed by atoms with Crippen LogP contribution in [-0.4, -0.2) is 24.4 Å². The first-order chi connectivity index (χ1) is 8.51. The van der Waals surface area contributed by atoms with Gasteiger partial charge in [-0.3, -0.25) is 14.9 Å². The van der Waals surface area contributed by atoms with Gasteiger partial charge in [-0.25, -0.2) is 0 Å². The molecule has 1 aromatic rings. The SMILES string of the molecule is C=CCOc1cc([N+](=O)[O-])c(C(C)=O)cc1OC. The molecule has 0 amide bonds. The van der Waals surface area contributed by atoms with Gasteiger partial charge in [0.05, 0.1) is 23.7 Å². The van der Waals surface area contributed by atoms with Gasteiger partial charge in [0.15, 0.2) is 17.3 Å². The average Bonchev–Trinajstić information content (AvgIpc) is 2.34. The number of ketones is 1. The van der Waals surface area contributed by atoms with Gasteiger partial charge in [-0.1, -0.05) is 12.7 Å². The normalized spacial score (nSPS) is 9.67. The van der Waals surface area contributed by atoms with Crippen LogP contribution < -0.4 is 9.47 Å². The second kappa shape index (κ2) is 5.81. The summed E-state index contributed by atoms with van der Waals surface area (Å²) in [5.41, 5.74) is -0.315. The number of hydrogen-bond acceptors (Lipinski definition) is 5. The van der Waals surface area contributed by atoms with Crippen molar-refractivity contribution in [2.75, 3.05) is 13.7 Å². The van der Waals surface area contributed by atoms with E-state index in [4.69, 9.17) is 9.47 Å². The third-order valence-electron chi connectivity index (χ3n) is 2.21. The number of nitrogens with zero attached hydrogens (tertiary/aromatic N) is 1. The lowest BCUT2D eigenvalue weighted by molar-refractivity contribution is -0.385. The van der Waals surface area contributed by atoms with Crippen LogP contribution in [0.4, 0.5) is 5.69 Å². The summed E-state index contributed by atoms with van der Waals surface area (Å²) >= 11 is 0. The predicted octanol–water partition coefficient (Wildman–Crippen LogP) is 2.37. The first-order valence-electron chi connectivity index (χ1n) is 5.12. The minimum absolute atomic E-state index is 0.0113. The lowest BCUT2D eigenvalue weighted by atomic mass is 10.1.